The summed E-state index contributed by atoms with van der Waals surface area (Å²) in [6, 6.07) is -0.417. The number of esters is 1. The van der Waals surface area contributed by atoms with Crippen LogP contribution in [-0.2, 0) is 34.0 Å². The number of carbonyl (C=O) groups excluding carboxylic acids is 3. The van der Waals surface area contributed by atoms with Crippen molar-refractivity contribution in [3.63, 3.8) is 0 Å². The Morgan fingerprint density at radius 2 is 1.86 bits per heavy atom. The fourth-order valence-corrected chi connectivity index (χ4v) is 7.56. The first kappa shape index (κ1) is 26.2. The van der Waals surface area contributed by atoms with Gasteiger partial charge in [-0.05, 0) is 32.6 Å². The molecule has 3 heterocycles. The number of β-lactam (4-membered cyclic amide) rings is 1. The molecule has 12 nitrogen and oxygen atoms in total. The van der Waals surface area contributed by atoms with E-state index in [0.29, 0.717) is 4.91 Å². The molecule has 0 spiro atoms. The molecule has 0 radical (unpaired) electrons. The third-order valence-electron chi connectivity index (χ3n) is 6.95. The normalized spacial score (nSPS) is 28.7. The molecule has 196 valence electrons. The number of thioether (sulfide) groups is 1. The maximum absolute atomic E-state index is 13.0. The molecule has 1 saturated carbocycles. The molecular formula is C21H31N3O9S2. The fraction of sp³-hybridized carbons (Fsp3) is 0.762. The number of rotatable bonds is 8. The van der Waals surface area contributed by atoms with Gasteiger partial charge in [-0.1, -0.05) is 13.3 Å². The van der Waals surface area contributed by atoms with Gasteiger partial charge in [0.05, 0.1) is 18.1 Å². The number of aliphatic hydroxyl groups excluding tert-OH is 1. The Kier molecular flexibility index (Phi) is 7.67. The molecule has 35 heavy (non-hydrogen) atoms. The quantitative estimate of drug-likeness (QED) is 0.257. The number of ether oxygens (including phenoxy) is 3. The van der Waals surface area contributed by atoms with Gasteiger partial charge in [0.2, 0.25) is 12.7 Å². The summed E-state index contributed by atoms with van der Waals surface area (Å²) in [7, 11) is -3.79. The standard InChI is InChI=1S/C21H31N3O9S2/c1-11-16-15(12(2)25)19(26)24(16)17(18(11)34-14-8-23(9-14)35(22,29)30)20(27)31-10-32-21(28)33-13-6-4-3-5-7-13/h11-16,25H,3-10H2,1-2H3,(H2,22,29,30)/t11-,12-,15-,16-/m1/s1. The van der Waals surface area contributed by atoms with Crippen LogP contribution in [0.3, 0.4) is 0 Å². The van der Waals surface area contributed by atoms with Crippen molar-refractivity contribution in [1.29, 1.82) is 0 Å². The van der Waals surface area contributed by atoms with Gasteiger partial charge in [0, 0.05) is 29.2 Å². The third-order valence-corrected chi connectivity index (χ3v) is 9.42. The van der Waals surface area contributed by atoms with Gasteiger partial charge in [-0.3, -0.25) is 4.79 Å². The summed E-state index contributed by atoms with van der Waals surface area (Å²) in [6.07, 6.45) is 2.59. The minimum atomic E-state index is -3.79. The molecule has 2 saturated heterocycles. The molecule has 14 heteroatoms. The van der Waals surface area contributed by atoms with Crippen LogP contribution in [0, 0.1) is 11.8 Å². The summed E-state index contributed by atoms with van der Waals surface area (Å²) in [6.45, 7) is 3.05. The molecule has 1 aliphatic carbocycles. The van der Waals surface area contributed by atoms with Crippen LogP contribution in [0.15, 0.2) is 10.6 Å². The highest BCUT2D eigenvalue weighted by Crippen LogP contribution is 2.52. The molecule has 1 amide bonds. The van der Waals surface area contributed by atoms with E-state index in [2.05, 4.69) is 0 Å². The number of nitrogens with zero attached hydrogens (tertiary/aromatic N) is 2. The van der Waals surface area contributed by atoms with Crippen LogP contribution in [-0.4, -0.2) is 84.1 Å². The lowest BCUT2D eigenvalue weighted by Crippen LogP contribution is -2.63. The fourth-order valence-electron chi connectivity index (χ4n) is 5.08. The van der Waals surface area contributed by atoms with Gasteiger partial charge in [-0.15, -0.1) is 11.8 Å². The number of aliphatic hydroxyl groups is 1. The summed E-state index contributed by atoms with van der Waals surface area (Å²) in [5.74, 6) is -2.17. The van der Waals surface area contributed by atoms with E-state index in [1.165, 1.54) is 23.6 Å². The van der Waals surface area contributed by atoms with Crippen LogP contribution in [0.5, 0.6) is 0 Å². The second kappa shape index (κ2) is 10.2. The number of hydrogen-bond donors (Lipinski definition) is 2. The first-order valence-corrected chi connectivity index (χ1v) is 14.1. The Bertz CT molecular complexity index is 1000. The van der Waals surface area contributed by atoms with Crippen molar-refractivity contribution in [3.8, 4) is 0 Å². The number of carbonyl (C=O) groups is 3. The first-order chi connectivity index (χ1) is 16.5. The van der Waals surface area contributed by atoms with Crippen LogP contribution >= 0.6 is 11.8 Å². The topological polar surface area (TPSA) is 166 Å². The van der Waals surface area contributed by atoms with E-state index in [4.69, 9.17) is 19.3 Å². The van der Waals surface area contributed by atoms with Crippen molar-refractivity contribution in [2.75, 3.05) is 19.9 Å². The average molecular weight is 534 g/mol. The maximum atomic E-state index is 13.0. The molecule has 0 aromatic heterocycles. The van der Waals surface area contributed by atoms with E-state index in [0.717, 1.165) is 36.4 Å². The van der Waals surface area contributed by atoms with Gasteiger partial charge in [-0.25, -0.2) is 14.7 Å². The van der Waals surface area contributed by atoms with Crippen molar-refractivity contribution >= 4 is 40.0 Å². The van der Waals surface area contributed by atoms with Gasteiger partial charge in [0.15, 0.2) is 0 Å². The zero-order valence-electron chi connectivity index (χ0n) is 19.6. The van der Waals surface area contributed by atoms with E-state index < -0.39 is 53.1 Å². The van der Waals surface area contributed by atoms with Crippen molar-refractivity contribution in [2.24, 2.45) is 17.0 Å². The van der Waals surface area contributed by atoms with Crippen LogP contribution < -0.4 is 5.14 Å². The van der Waals surface area contributed by atoms with Crippen LogP contribution in [0.4, 0.5) is 4.79 Å². The van der Waals surface area contributed by atoms with E-state index in [1.54, 1.807) is 0 Å². The highest BCUT2D eigenvalue weighted by atomic mass is 32.2. The molecule has 0 bridgehead atoms. The summed E-state index contributed by atoms with van der Waals surface area (Å²) in [5, 5.41) is 15.1. The SMILES string of the molecule is C[C@@H](O)[C@H]1C(=O)N2C(C(=O)OCOC(=O)OC3CCCCC3)=C(SC3CN(S(N)(=O)=O)C3)[C@H](C)[C@H]12. The Hall–Kier alpha value is -1.87. The molecule has 4 atom stereocenters. The second-order valence-electron chi connectivity index (χ2n) is 9.39. The average Bonchev–Trinajstić information content (AvgIpc) is 2.98. The van der Waals surface area contributed by atoms with Gasteiger partial charge in [0.25, 0.3) is 10.2 Å². The zero-order chi connectivity index (χ0) is 25.5. The molecule has 0 unspecified atom stereocenters. The highest BCUT2D eigenvalue weighted by Gasteiger charge is 2.60. The predicted octanol–water partition coefficient (Wildman–Crippen LogP) is 0.663. The lowest BCUT2D eigenvalue weighted by molar-refractivity contribution is -0.167. The third kappa shape index (κ3) is 5.31. The van der Waals surface area contributed by atoms with Crippen molar-refractivity contribution in [2.45, 2.75) is 69.5 Å². The van der Waals surface area contributed by atoms with Crippen LogP contribution in [0.2, 0.25) is 0 Å². The Morgan fingerprint density at radius 3 is 2.46 bits per heavy atom. The van der Waals surface area contributed by atoms with Crippen molar-refractivity contribution in [3.05, 3.63) is 10.6 Å². The zero-order valence-corrected chi connectivity index (χ0v) is 21.3. The predicted molar refractivity (Wildman–Crippen MR) is 123 cm³/mol. The van der Waals surface area contributed by atoms with Gasteiger partial charge < -0.3 is 24.2 Å². The van der Waals surface area contributed by atoms with Crippen LogP contribution in [0.1, 0.15) is 46.0 Å². The number of nitrogens with two attached hydrogens (primary N) is 1. The molecular weight excluding hydrogens is 502 g/mol. The smallest absolute Gasteiger partial charge is 0.431 e. The van der Waals surface area contributed by atoms with E-state index in [1.807, 2.05) is 6.92 Å². The minimum Gasteiger partial charge on any atom is -0.431 e. The molecule has 3 N–H and O–H groups in total. The van der Waals surface area contributed by atoms with E-state index in [-0.39, 0.29) is 36.1 Å². The number of amides is 1. The molecule has 3 fully saturated rings. The summed E-state index contributed by atoms with van der Waals surface area (Å²) in [4.78, 5) is 39.6. The van der Waals surface area contributed by atoms with Gasteiger partial charge in [-0.2, -0.15) is 12.7 Å². The molecule has 0 aromatic carbocycles. The second-order valence-corrected chi connectivity index (χ2v) is 12.3. The summed E-state index contributed by atoms with van der Waals surface area (Å²) >= 11 is 1.29. The summed E-state index contributed by atoms with van der Waals surface area (Å²) < 4.78 is 39.4. The van der Waals surface area contributed by atoms with Crippen molar-refractivity contribution in [1.82, 2.24) is 9.21 Å². The lowest BCUT2D eigenvalue weighted by atomic mass is 9.79. The maximum Gasteiger partial charge on any atom is 0.511 e. The van der Waals surface area contributed by atoms with E-state index in [9.17, 15) is 27.9 Å². The van der Waals surface area contributed by atoms with E-state index >= 15 is 0 Å². The Balaban J connectivity index is 1.40. The van der Waals surface area contributed by atoms with Gasteiger partial charge in [0.1, 0.15) is 11.8 Å². The monoisotopic (exact) mass is 533 g/mol. The molecule has 4 aliphatic rings. The number of fused-ring (bicyclic) bond motifs is 1. The number of hydrogen-bond acceptors (Lipinski definition) is 10. The Morgan fingerprint density at radius 1 is 1.20 bits per heavy atom. The lowest BCUT2D eigenvalue weighted by Gasteiger charge is -2.46. The highest BCUT2D eigenvalue weighted by molar-refractivity contribution is 8.04. The molecule has 3 aliphatic heterocycles. The first-order valence-electron chi connectivity index (χ1n) is 11.7. The summed E-state index contributed by atoms with van der Waals surface area (Å²) in [5.41, 5.74) is 0.0349. The minimum absolute atomic E-state index is 0.0349. The van der Waals surface area contributed by atoms with Crippen LogP contribution in [0.25, 0.3) is 0 Å². The molecule has 4 rings (SSSR count). The largest absolute Gasteiger partial charge is 0.511 e. The molecule has 0 aromatic rings. The van der Waals surface area contributed by atoms with Crippen molar-refractivity contribution < 1.29 is 42.1 Å². The Labute approximate surface area is 208 Å². The van der Waals surface area contributed by atoms with Gasteiger partial charge >= 0.3 is 12.1 Å².